The van der Waals surface area contributed by atoms with Gasteiger partial charge in [0, 0.05) is 56.4 Å². The van der Waals surface area contributed by atoms with Crippen molar-refractivity contribution in [3.05, 3.63) is 102 Å². The summed E-state index contributed by atoms with van der Waals surface area (Å²) in [6, 6.07) is 11.3. The Kier molecular flexibility index (Phi) is 28.6. The van der Waals surface area contributed by atoms with Gasteiger partial charge in [-0.1, -0.05) is 81.4 Å². The molecule has 2 saturated heterocycles. The Balaban J connectivity index is 0.00000365. The molecule has 0 unspecified atom stereocenters. The van der Waals surface area contributed by atoms with Crippen molar-refractivity contribution in [3.63, 3.8) is 0 Å². The predicted octanol–water partition coefficient (Wildman–Crippen LogP) is -0.0558. The van der Waals surface area contributed by atoms with E-state index in [1.807, 2.05) is 25.7 Å². The molecule has 29 nitrogen and oxygen atoms in total. The second kappa shape index (κ2) is 36.1. The van der Waals surface area contributed by atoms with E-state index >= 15 is 0 Å². The molecule has 2 aliphatic heterocycles. The molecule has 8 atom stereocenters. The van der Waals surface area contributed by atoms with Crippen molar-refractivity contribution in [3.8, 4) is 5.75 Å². The van der Waals surface area contributed by atoms with Crippen molar-refractivity contribution in [2.75, 3.05) is 32.8 Å². The van der Waals surface area contributed by atoms with Gasteiger partial charge in [-0.15, -0.1) is 0 Å². The number of phenolic OH excluding ortho intramolecular Hbond substituents is 1. The number of nitrogens with two attached hydrogens (primary N) is 3. The number of aliphatic hydroxyl groups excluding tert-OH is 1. The Labute approximate surface area is 526 Å². The molecule has 91 heavy (non-hydrogen) atoms. The fourth-order valence-corrected chi connectivity index (χ4v) is 10.6. The minimum absolute atomic E-state index is 0.0293. The van der Waals surface area contributed by atoms with E-state index in [2.05, 4.69) is 47.2 Å². The molecular weight excluding hydrogens is 1180 g/mol. The van der Waals surface area contributed by atoms with Crippen molar-refractivity contribution in [1.82, 2.24) is 52.0 Å². The van der Waals surface area contributed by atoms with E-state index in [-0.39, 0.29) is 88.7 Å². The second-order valence-corrected chi connectivity index (χ2v) is 22.6. The van der Waals surface area contributed by atoms with Gasteiger partial charge in [0.25, 0.3) is 5.97 Å². The lowest BCUT2D eigenvalue weighted by molar-refractivity contribution is -0.143. The van der Waals surface area contributed by atoms with Crippen LogP contribution in [0.4, 0.5) is 4.79 Å². The van der Waals surface area contributed by atoms with Crippen LogP contribution in [0.3, 0.4) is 0 Å². The Bertz CT molecular complexity index is 3170. The van der Waals surface area contributed by atoms with E-state index in [4.69, 9.17) is 31.8 Å². The quantitative estimate of drug-likeness (QED) is 0.0178. The third-order valence-corrected chi connectivity index (χ3v) is 15.1. The first kappa shape index (κ1) is 72.1. The average molecular weight is 1270 g/mol. The molecule has 0 saturated carbocycles. The number of aliphatic carboxylic acids is 1. The summed E-state index contributed by atoms with van der Waals surface area (Å²) in [4.78, 5) is 158. The number of likely N-dealkylation sites (N-methyl/N-ethyl adjacent to an activating group) is 1. The maximum atomic E-state index is 14.9. The number of guanidine groups is 1. The van der Waals surface area contributed by atoms with E-state index in [1.54, 1.807) is 60.8 Å². The number of aliphatic hydroxyl groups is 1. The number of amides is 10. The van der Waals surface area contributed by atoms with E-state index < -0.39 is 120 Å². The third kappa shape index (κ3) is 23.4. The molecular formula is C62H86N14O15. The lowest BCUT2D eigenvalue weighted by Gasteiger charge is -2.31. The van der Waals surface area contributed by atoms with E-state index in [0.29, 0.717) is 53.5 Å². The number of hydrogen-bond acceptors (Lipinski definition) is 16. The lowest BCUT2D eigenvalue weighted by Crippen LogP contribution is -2.61. The van der Waals surface area contributed by atoms with Crippen LogP contribution in [0.5, 0.6) is 5.75 Å². The smallest absolute Gasteiger partial charge is 0.408 e. The topological polar surface area (TPSA) is 455 Å². The standard InChI is InChI=1S/C60H82N14O13.C2H4O2/c1-4-73-27-11-18-48(73)56(83)72-52(79)42(17-10-26-64-59(62)63)66-53(80)44(29-35(2)3)68-57(84)49-19-12-28-74(49)58(85)46(30-36-20-22-39(76)23-21-36)69-55(82)47(33-75)70-54(81)45(31-38-32-65-41-16-9-8-15-40(38)41)67-51(78)43(24-25-50(61)77)71-60(86)87-34-37-13-6-5-7-14-37;1-2(3)4/h5-9,13-16,20-23,32,35,42-49,65,75-76H,4,10-12,17-19,24-31,33-34H2,1-3H3,(H2,61,77)(H,66,80)(H,67,78)(H,68,84)(H,69,82)(H,70,81)(H,71,86)(H4,62,63,64)(H,72,79,83);1H3,(H,3,4)/t42-,43-,44-,45-,46-,47-,48-,49+;/m0./s1. The highest BCUT2D eigenvalue weighted by molar-refractivity contribution is 6.02. The number of H-pyrrole nitrogens is 1. The summed E-state index contributed by atoms with van der Waals surface area (Å²) in [7, 11) is 0. The number of likely N-dealkylation sites (tertiary alicyclic amines) is 2. The van der Waals surface area contributed by atoms with Crippen LogP contribution in [0.2, 0.25) is 0 Å². The highest BCUT2D eigenvalue weighted by atomic mass is 16.5. The van der Waals surface area contributed by atoms with Gasteiger partial charge in [-0.2, -0.15) is 0 Å². The Morgan fingerprint density at radius 2 is 1.26 bits per heavy atom. The van der Waals surface area contributed by atoms with Crippen LogP contribution >= 0.6 is 0 Å². The fourth-order valence-electron chi connectivity index (χ4n) is 10.6. The van der Waals surface area contributed by atoms with Crippen LogP contribution in [0.25, 0.3) is 10.9 Å². The number of imide groups is 1. The van der Waals surface area contributed by atoms with Crippen molar-refractivity contribution < 1.29 is 72.8 Å². The Morgan fingerprint density at radius 1 is 0.670 bits per heavy atom. The van der Waals surface area contributed by atoms with Gasteiger partial charge in [0.1, 0.15) is 54.6 Å². The zero-order valence-corrected chi connectivity index (χ0v) is 51.6. The summed E-state index contributed by atoms with van der Waals surface area (Å²) in [5, 5.41) is 47.2. The number of carboxylic acids is 1. The number of carbonyl (C=O) groups excluding carboxylic acids is 10. The molecule has 0 bridgehead atoms. The number of ether oxygens (including phenoxy) is 1. The molecule has 17 N–H and O–H groups in total. The molecule has 2 aliphatic rings. The van der Waals surface area contributed by atoms with Crippen LogP contribution < -0.4 is 54.4 Å². The number of primary amides is 1. The number of alkyl carbamates (subject to hydrolysis) is 1. The molecule has 4 aromatic rings. The number of aliphatic imine (C=N–C) groups is 1. The van der Waals surface area contributed by atoms with Crippen molar-refractivity contribution >= 4 is 82.1 Å². The van der Waals surface area contributed by atoms with Gasteiger partial charge in [-0.25, -0.2) is 4.79 Å². The van der Waals surface area contributed by atoms with E-state index in [0.717, 1.165) is 13.3 Å². The maximum absolute atomic E-state index is 14.9. The van der Waals surface area contributed by atoms with Crippen molar-refractivity contribution in [2.45, 2.75) is 153 Å². The highest BCUT2D eigenvalue weighted by Crippen LogP contribution is 2.23. The number of benzene rings is 3. The molecule has 3 heterocycles. The molecule has 1 aromatic heterocycles. The number of nitrogens with one attached hydrogen (secondary N) is 8. The summed E-state index contributed by atoms with van der Waals surface area (Å²) < 4.78 is 5.33. The molecule has 6 rings (SSSR count). The molecule has 0 aliphatic carbocycles. The molecule has 494 valence electrons. The van der Waals surface area contributed by atoms with Crippen molar-refractivity contribution in [2.24, 2.45) is 28.1 Å². The monoisotopic (exact) mass is 1270 g/mol. The average Bonchev–Trinajstić information content (AvgIpc) is 2.00. The van der Waals surface area contributed by atoms with Gasteiger partial charge in [0.15, 0.2) is 5.96 Å². The lowest BCUT2D eigenvalue weighted by atomic mass is 10.0. The number of carboxylic acid groups (broad SMARTS) is 1. The molecule has 0 spiro atoms. The first-order chi connectivity index (χ1) is 43.4. The molecule has 3 aromatic carbocycles. The van der Waals surface area contributed by atoms with Gasteiger partial charge in [0.05, 0.1) is 12.6 Å². The number of fused-ring (bicyclic) bond motifs is 1. The second-order valence-electron chi connectivity index (χ2n) is 22.6. The number of aromatic amines is 1. The first-order valence-electron chi connectivity index (χ1n) is 30.2. The number of rotatable bonds is 31. The number of para-hydroxylation sites is 1. The third-order valence-electron chi connectivity index (χ3n) is 15.1. The summed E-state index contributed by atoms with van der Waals surface area (Å²) in [6.07, 6.45) is 1.76. The number of aromatic hydroxyl groups is 1. The zero-order chi connectivity index (χ0) is 66.7. The van der Waals surface area contributed by atoms with Crippen LogP contribution in [0.15, 0.2) is 90.1 Å². The summed E-state index contributed by atoms with van der Waals surface area (Å²) in [5.41, 5.74) is 18.8. The summed E-state index contributed by atoms with van der Waals surface area (Å²) >= 11 is 0. The maximum Gasteiger partial charge on any atom is 0.408 e. The van der Waals surface area contributed by atoms with Crippen LogP contribution in [-0.4, -0.2) is 182 Å². The van der Waals surface area contributed by atoms with Gasteiger partial charge in [0.2, 0.25) is 53.2 Å². The molecule has 10 amide bonds. The number of phenols is 1. The van der Waals surface area contributed by atoms with Crippen LogP contribution in [0.1, 0.15) is 102 Å². The first-order valence-corrected chi connectivity index (χ1v) is 30.2. The van der Waals surface area contributed by atoms with Crippen LogP contribution in [-0.2, 0) is 72.1 Å². The van der Waals surface area contributed by atoms with Gasteiger partial charge in [-0.05, 0) is 105 Å². The minimum atomic E-state index is -1.76. The van der Waals surface area contributed by atoms with Crippen molar-refractivity contribution in [1.29, 1.82) is 0 Å². The number of hydrogen-bond donors (Lipinski definition) is 14. The fraction of sp³-hybridized carbons (Fsp3) is 0.484. The van der Waals surface area contributed by atoms with Gasteiger partial charge < -0.3 is 79.0 Å². The summed E-state index contributed by atoms with van der Waals surface area (Å²) in [5.74, 6) is -8.40. The number of carbonyl (C=O) groups is 11. The molecule has 29 heteroatoms. The zero-order valence-electron chi connectivity index (χ0n) is 51.6. The summed E-state index contributed by atoms with van der Waals surface area (Å²) in [6.45, 7) is 6.95. The predicted molar refractivity (Wildman–Crippen MR) is 333 cm³/mol. The Hall–Kier alpha value is -9.64. The van der Waals surface area contributed by atoms with Gasteiger partial charge >= 0.3 is 6.09 Å². The SMILES string of the molecule is CC(=O)O.CCN1CCC[C@H]1C(=O)NC(=O)[C@H](CCCN=C(N)N)NC(=O)[C@H](CC(C)C)NC(=O)[C@H]1CCCN1C(=O)[C@H](Cc1ccc(O)cc1)NC(=O)[C@H](CO)NC(=O)[C@H](Cc1c[nH]c2ccccc12)NC(=O)[C@H](CCC(N)=O)NC(=O)OCc1ccccc1. The Morgan fingerprint density at radius 3 is 1.92 bits per heavy atom. The normalized spacial score (nSPS) is 16.4. The number of nitrogens with zero attached hydrogens (tertiary/aromatic N) is 3. The molecule has 0 radical (unpaired) electrons. The highest BCUT2D eigenvalue weighted by Gasteiger charge is 2.41. The molecule has 2 fully saturated rings. The van der Waals surface area contributed by atoms with Gasteiger partial charge in [-0.3, -0.25) is 63.2 Å². The van der Waals surface area contributed by atoms with E-state index in [1.165, 1.54) is 29.2 Å². The van der Waals surface area contributed by atoms with E-state index in [9.17, 15) is 58.2 Å². The largest absolute Gasteiger partial charge is 0.508 e. The number of aromatic nitrogens is 1. The minimum Gasteiger partial charge on any atom is -0.508 e. The van der Waals surface area contributed by atoms with Crippen LogP contribution in [0, 0.1) is 5.92 Å².